The molecule has 0 saturated heterocycles. The molecular formula is C16H20O3. The average molecular weight is 260 g/mol. The van der Waals surface area contributed by atoms with Gasteiger partial charge in [-0.05, 0) is 23.3 Å². The second-order valence-corrected chi connectivity index (χ2v) is 3.88. The fraction of sp³-hybridized carbons (Fsp3) is 0.250. The third-order valence-corrected chi connectivity index (χ3v) is 2.47. The van der Waals surface area contributed by atoms with Gasteiger partial charge in [-0.3, -0.25) is 0 Å². The van der Waals surface area contributed by atoms with Crippen molar-refractivity contribution in [1.29, 1.82) is 0 Å². The van der Waals surface area contributed by atoms with Gasteiger partial charge in [-0.25, -0.2) is 0 Å². The van der Waals surface area contributed by atoms with E-state index in [1.807, 2.05) is 30.3 Å². The average Bonchev–Trinajstić information content (AvgIpc) is 2.46. The molecule has 1 aromatic rings. The number of aliphatic hydroxyl groups is 1. The number of allylic oxidation sites excluding steroid dienone is 2. The molecule has 0 spiro atoms. The van der Waals surface area contributed by atoms with Gasteiger partial charge in [0.15, 0.2) is 0 Å². The Morgan fingerprint density at radius 2 is 1.89 bits per heavy atom. The van der Waals surface area contributed by atoms with Crippen molar-refractivity contribution >= 4 is 0 Å². The number of hydrogen-bond donors (Lipinski definition) is 1. The van der Waals surface area contributed by atoms with Gasteiger partial charge < -0.3 is 14.6 Å². The number of ether oxygens (including phenoxy) is 2. The van der Waals surface area contributed by atoms with E-state index in [1.165, 1.54) is 0 Å². The van der Waals surface area contributed by atoms with Crippen molar-refractivity contribution < 1.29 is 14.6 Å². The minimum absolute atomic E-state index is 0.0450. The summed E-state index contributed by atoms with van der Waals surface area (Å²) in [5.41, 5.74) is 1.86. The maximum Gasteiger partial charge on any atom is 0.119 e. The second-order valence-electron chi connectivity index (χ2n) is 3.88. The summed E-state index contributed by atoms with van der Waals surface area (Å²) in [4.78, 5) is 0. The fourth-order valence-corrected chi connectivity index (χ4v) is 1.43. The zero-order chi connectivity index (χ0) is 13.9. The van der Waals surface area contributed by atoms with Crippen molar-refractivity contribution in [2.75, 3.05) is 19.8 Å². The third-order valence-electron chi connectivity index (χ3n) is 2.47. The van der Waals surface area contributed by atoms with Gasteiger partial charge in [0.1, 0.15) is 12.4 Å². The van der Waals surface area contributed by atoms with Crippen LogP contribution < -0.4 is 4.74 Å². The van der Waals surface area contributed by atoms with Crippen LogP contribution in [-0.2, 0) is 11.3 Å². The summed E-state index contributed by atoms with van der Waals surface area (Å²) in [7, 11) is 0. The van der Waals surface area contributed by atoms with Crippen LogP contribution in [0.3, 0.4) is 0 Å². The predicted molar refractivity (Wildman–Crippen MR) is 77.2 cm³/mol. The first kappa shape index (κ1) is 15.2. The highest BCUT2D eigenvalue weighted by atomic mass is 16.5. The number of benzene rings is 1. The van der Waals surface area contributed by atoms with E-state index in [1.54, 1.807) is 12.2 Å². The molecule has 0 aliphatic heterocycles. The molecule has 1 N–H and O–H groups in total. The third kappa shape index (κ3) is 6.04. The zero-order valence-electron chi connectivity index (χ0n) is 11.0. The summed E-state index contributed by atoms with van der Waals surface area (Å²) in [6.07, 6.45) is 5.32. The van der Waals surface area contributed by atoms with Crippen LogP contribution >= 0.6 is 0 Å². The first-order valence-corrected chi connectivity index (χ1v) is 6.14. The Morgan fingerprint density at radius 3 is 2.47 bits per heavy atom. The lowest BCUT2D eigenvalue weighted by atomic mass is 10.2. The van der Waals surface area contributed by atoms with Gasteiger partial charge in [-0.1, -0.05) is 43.5 Å². The molecule has 0 fully saturated rings. The standard InChI is InChI=1S/C16H20O3/c1-3-5-14(4-2)13-18-10-11-19-16-8-6-15(12-17)7-9-16/h3-9,17H,1-2,10-13H2/b14-5+. The summed E-state index contributed by atoms with van der Waals surface area (Å²) in [6, 6.07) is 7.33. The summed E-state index contributed by atoms with van der Waals surface area (Å²) in [6.45, 7) is 8.85. The van der Waals surface area contributed by atoms with Gasteiger partial charge >= 0.3 is 0 Å². The molecule has 0 bridgehead atoms. The summed E-state index contributed by atoms with van der Waals surface area (Å²) in [5, 5.41) is 8.91. The molecule has 0 radical (unpaired) electrons. The van der Waals surface area contributed by atoms with Crippen molar-refractivity contribution in [2.45, 2.75) is 6.61 Å². The van der Waals surface area contributed by atoms with Crippen LogP contribution in [0.15, 0.2) is 61.2 Å². The largest absolute Gasteiger partial charge is 0.491 e. The Bertz CT molecular complexity index is 418. The molecule has 19 heavy (non-hydrogen) atoms. The fourth-order valence-electron chi connectivity index (χ4n) is 1.43. The summed E-state index contributed by atoms with van der Waals surface area (Å²) >= 11 is 0. The SMILES string of the molecule is C=C/C=C(\C=C)COCCOc1ccc(CO)cc1. The zero-order valence-corrected chi connectivity index (χ0v) is 11.0. The maximum atomic E-state index is 8.91. The molecule has 1 aromatic carbocycles. The van der Waals surface area contributed by atoms with Gasteiger partial charge in [0.25, 0.3) is 0 Å². The van der Waals surface area contributed by atoms with E-state index in [0.29, 0.717) is 19.8 Å². The Labute approximate surface area is 114 Å². The Balaban J connectivity index is 2.21. The van der Waals surface area contributed by atoms with Gasteiger partial charge in [-0.2, -0.15) is 0 Å². The van der Waals surface area contributed by atoms with Crippen LogP contribution in [0, 0.1) is 0 Å². The van der Waals surface area contributed by atoms with Crippen LogP contribution in [0.5, 0.6) is 5.75 Å². The molecule has 0 amide bonds. The Kier molecular flexibility index (Phi) is 7.32. The highest BCUT2D eigenvalue weighted by molar-refractivity contribution is 5.26. The van der Waals surface area contributed by atoms with E-state index in [9.17, 15) is 0 Å². The van der Waals surface area contributed by atoms with E-state index in [0.717, 1.165) is 16.9 Å². The highest BCUT2D eigenvalue weighted by Crippen LogP contribution is 2.11. The molecule has 0 aromatic heterocycles. The molecule has 1 rings (SSSR count). The molecule has 102 valence electrons. The monoisotopic (exact) mass is 260 g/mol. The molecule has 3 heteroatoms. The number of aliphatic hydroxyl groups excluding tert-OH is 1. The molecular weight excluding hydrogens is 240 g/mol. The summed E-state index contributed by atoms with van der Waals surface area (Å²) in [5.74, 6) is 0.770. The number of rotatable bonds is 9. The lowest BCUT2D eigenvalue weighted by Crippen LogP contribution is -2.08. The lowest BCUT2D eigenvalue weighted by molar-refractivity contribution is 0.118. The first-order valence-electron chi connectivity index (χ1n) is 6.14. The minimum Gasteiger partial charge on any atom is -0.491 e. The van der Waals surface area contributed by atoms with Gasteiger partial charge in [0.05, 0.1) is 19.8 Å². The van der Waals surface area contributed by atoms with E-state index in [-0.39, 0.29) is 6.61 Å². The summed E-state index contributed by atoms with van der Waals surface area (Å²) < 4.78 is 11.0. The van der Waals surface area contributed by atoms with Crippen LogP contribution in [-0.4, -0.2) is 24.9 Å². The van der Waals surface area contributed by atoms with E-state index < -0.39 is 0 Å². The van der Waals surface area contributed by atoms with Crippen molar-refractivity contribution in [3.63, 3.8) is 0 Å². The molecule has 0 atom stereocenters. The van der Waals surface area contributed by atoms with Crippen molar-refractivity contribution in [1.82, 2.24) is 0 Å². The molecule has 3 nitrogen and oxygen atoms in total. The predicted octanol–water partition coefficient (Wildman–Crippen LogP) is 2.87. The lowest BCUT2D eigenvalue weighted by Gasteiger charge is -2.08. The molecule has 0 saturated carbocycles. The molecule has 0 unspecified atom stereocenters. The second kappa shape index (κ2) is 9.14. The molecule has 0 heterocycles. The van der Waals surface area contributed by atoms with Crippen molar-refractivity contribution in [3.8, 4) is 5.75 Å². The Hall–Kier alpha value is -1.84. The maximum absolute atomic E-state index is 8.91. The quantitative estimate of drug-likeness (QED) is 0.548. The van der Waals surface area contributed by atoms with E-state index in [4.69, 9.17) is 14.6 Å². The van der Waals surface area contributed by atoms with E-state index >= 15 is 0 Å². The Morgan fingerprint density at radius 1 is 1.16 bits per heavy atom. The topological polar surface area (TPSA) is 38.7 Å². The highest BCUT2D eigenvalue weighted by Gasteiger charge is 1.96. The van der Waals surface area contributed by atoms with Crippen molar-refractivity contribution in [2.24, 2.45) is 0 Å². The smallest absolute Gasteiger partial charge is 0.119 e. The van der Waals surface area contributed by atoms with Crippen LogP contribution in [0.1, 0.15) is 5.56 Å². The molecule has 0 aliphatic carbocycles. The van der Waals surface area contributed by atoms with Crippen LogP contribution in [0.25, 0.3) is 0 Å². The van der Waals surface area contributed by atoms with Crippen LogP contribution in [0.2, 0.25) is 0 Å². The minimum atomic E-state index is 0.0450. The van der Waals surface area contributed by atoms with E-state index in [2.05, 4.69) is 13.2 Å². The first-order chi connectivity index (χ1) is 9.30. The van der Waals surface area contributed by atoms with Gasteiger partial charge in [-0.15, -0.1) is 0 Å². The molecule has 0 aliphatic rings. The number of hydrogen-bond acceptors (Lipinski definition) is 3. The van der Waals surface area contributed by atoms with Gasteiger partial charge in [0, 0.05) is 0 Å². The van der Waals surface area contributed by atoms with Crippen LogP contribution in [0.4, 0.5) is 0 Å². The normalized spacial score (nSPS) is 11.1. The van der Waals surface area contributed by atoms with Crippen molar-refractivity contribution in [3.05, 3.63) is 66.8 Å². The van der Waals surface area contributed by atoms with Gasteiger partial charge in [0.2, 0.25) is 0 Å².